The summed E-state index contributed by atoms with van der Waals surface area (Å²) in [6.07, 6.45) is 0.381. The van der Waals surface area contributed by atoms with Crippen LogP contribution < -0.4 is 9.46 Å². The van der Waals surface area contributed by atoms with E-state index in [-0.39, 0.29) is 10.6 Å². The molecule has 0 fully saturated rings. The molecule has 0 aliphatic rings. The van der Waals surface area contributed by atoms with Crippen LogP contribution in [0, 0.1) is 5.82 Å². The number of hydrogen-bond acceptors (Lipinski definition) is 4. The molecule has 3 rings (SSSR count). The minimum atomic E-state index is -3.84. The Balaban J connectivity index is 1.74. The zero-order valence-corrected chi connectivity index (χ0v) is 14.6. The molecule has 132 valence electrons. The summed E-state index contributed by atoms with van der Waals surface area (Å²) in [6, 6.07) is 12.6. The van der Waals surface area contributed by atoms with Gasteiger partial charge in [0.25, 0.3) is 0 Å². The highest BCUT2D eigenvalue weighted by molar-refractivity contribution is 7.89. The number of benzene rings is 2. The molecule has 3 aromatic rings. The van der Waals surface area contributed by atoms with Gasteiger partial charge in [0.1, 0.15) is 11.3 Å². The first-order chi connectivity index (χ1) is 11.9. The third kappa shape index (κ3) is 3.83. The molecule has 25 heavy (non-hydrogen) atoms. The normalized spacial score (nSPS) is 13.1. The fourth-order valence-electron chi connectivity index (χ4n) is 2.63. The monoisotopic (exact) mass is 363 g/mol. The molecular weight excluding hydrogens is 345 g/mol. The van der Waals surface area contributed by atoms with Gasteiger partial charge in [0, 0.05) is 17.8 Å². The summed E-state index contributed by atoms with van der Waals surface area (Å²) < 4.78 is 51.6. The Kier molecular flexibility index (Phi) is 4.78. The molecule has 0 amide bonds. The van der Waals surface area contributed by atoms with Crippen LogP contribution in [-0.2, 0) is 16.4 Å². The number of fused-ring (bicyclic) bond motifs is 1. The third-order valence-corrected chi connectivity index (χ3v) is 5.36. The van der Waals surface area contributed by atoms with Gasteiger partial charge in [0.2, 0.25) is 10.0 Å². The number of ether oxygens (including phenoxy) is 1. The van der Waals surface area contributed by atoms with E-state index in [4.69, 9.17) is 9.15 Å². The SMILES string of the molecule is COc1ccc(S(=O)(=O)N[C@@H](C)Cc2cc3ccccc3o2)cc1F. The van der Waals surface area contributed by atoms with Gasteiger partial charge in [-0.05, 0) is 37.3 Å². The van der Waals surface area contributed by atoms with Gasteiger partial charge in [0.05, 0.1) is 12.0 Å². The van der Waals surface area contributed by atoms with E-state index < -0.39 is 21.9 Å². The second-order valence-corrected chi connectivity index (χ2v) is 7.49. The molecule has 2 aromatic carbocycles. The minimum Gasteiger partial charge on any atom is -0.494 e. The van der Waals surface area contributed by atoms with Crippen LogP contribution in [0.4, 0.5) is 4.39 Å². The quantitative estimate of drug-likeness (QED) is 0.728. The van der Waals surface area contributed by atoms with Crippen LogP contribution in [0.25, 0.3) is 11.0 Å². The van der Waals surface area contributed by atoms with Crippen molar-refractivity contribution in [3.63, 3.8) is 0 Å². The van der Waals surface area contributed by atoms with Crippen LogP contribution >= 0.6 is 0 Å². The number of para-hydroxylation sites is 1. The maximum Gasteiger partial charge on any atom is 0.240 e. The molecule has 0 saturated carbocycles. The van der Waals surface area contributed by atoms with Crippen molar-refractivity contribution in [1.29, 1.82) is 0 Å². The molecule has 1 heterocycles. The summed E-state index contributed by atoms with van der Waals surface area (Å²) in [5, 5.41) is 0.963. The number of hydrogen-bond donors (Lipinski definition) is 1. The van der Waals surface area contributed by atoms with E-state index in [1.165, 1.54) is 19.2 Å². The summed E-state index contributed by atoms with van der Waals surface area (Å²) in [6.45, 7) is 1.73. The van der Waals surface area contributed by atoms with Gasteiger partial charge in [-0.2, -0.15) is 0 Å². The summed E-state index contributed by atoms with van der Waals surface area (Å²) in [5.41, 5.74) is 0.754. The van der Waals surface area contributed by atoms with Crippen molar-refractivity contribution in [1.82, 2.24) is 4.72 Å². The molecule has 5 nitrogen and oxygen atoms in total. The Morgan fingerprint density at radius 1 is 1.20 bits per heavy atom. The molecule has 0 aliphatic heterocycles. The first-order valence-electron chi connectivity index (χ1n) is 7.72. The summed E-state index contributed by atoms with van der Waals surface area (Å²) in [4.78, 5) is -0.151. The van der Waals surface area contributed by atoms with Crippen LogP contribution in [0.5, 0.6) is 5.75 Å². The van der Waals surface area contributed by atoms with Crippen LogP contribution in [0.3, 0.4) is 0 Å². The summed E-state index contributed by atoms with van der Waals surface area (Å²) >= 11 is 0. The molecule has 0 spiro atoms. The van der Waals surface area contributed by atoms with Crippen LogP contribution in [0.15, 0.2) is 57.8 Å². The van der Waals surface area contributed by atoms with E-state index >= 15 is 0 Å². The van der Waals surface area contributed by atoms with Gasteiger partial charge in [0.15, 0.2) is 11.6 Å². The van der Waals surface area contributed by atoms with Crippen LogP contribution in [0.1, 0.15) is 12.7 Å². The fourth-order valence-corrected chi connectivity index (χ4v) is 3.88. The average Bonchev–Trinajstić information content (AvgIpc) is 2.96. The lowest BCUT2D eigenvalue weighted by Crippen LogP contribution is -2.34. The molecule has 1 aromatic heterocycles. The molecule has 0 bridgehead atoms. The van der Waals surface area contributed by atoms with Crippen molar-refractivity contribution in [2.24, 2.45) is 0 Å². The van der Waals surface area contributed by atoms with Crippen molar-refractivity contribution in [3.8, 4) is 5.75 Å². The maximum atomic E-state index is 13.8. The van der Waals surface area contributed by atoms with E-state index in [2.05, 4.69) is 4.72 Å². The largest absolute Gasteiger partial charge is 0.494 e. The Morgan fingerprint density at radius 3 is 2.64 bits per heavy atom. The van der Waals surface area contributed by atoms with Crippen molar-refractivity contribution in [2.75, 3.05) is 7.11 Å². The second kappa shape index (κ2) is 6.85. The van der Waals surface area contributed by atoms with E-state index in [0.29, 0.717) is 12.2 Å². The highest BCUT2D eigenvalue weighted by atomic mass is 32.2. The zero-order valence-electron chi connectivity index (χ0n) is 13.8. The predicted molar refractivity (Wildman–Crippen MR) is 92.7 cm³/mol. The second-order valence-electron chi connectivity index (χ2n) is 5.77. The number of sulfonamides is 1. The Hall–Kier alpha value is -2.38. The van der Waals surface area contributed by atoms with Crippen molar-refractivity contribution in [2.45, 2.75) is 24.3 Å². The summed E-state index contributed by atoms with van der Waals surface area (Å²) in [5.74, 6) is -0.0538. The Labute approximate surface area is 145 Å². The number of nitrogens with one attached hydrogen (secondary N) is 1. The molecule has 0 saturated heterocycles. The van der Waals surface area contributed by atoms with E-state index in [0.717, 1.165) is 17.0 Å². The van der Waals surface area contributed by atoms with Crippen LogP contribution in [-0.4, -0.2) is 21.6 Å². The van der Waals surface area contributed by atoms with Gasteiger partial charge < -0.3 is 9.15 Å². The lowest BCUT2D eigenvalue weighted by Gasteiger charge is -2.13. The Morgan fingerprint density at radius 2 is 1.96 bits per heavy atom. The topological polar surface area (TPSA) is 68.5 Å². The highest BCUT2D eigenvalue weighted by Gasteiger charge is 2.20. The average molecular weight is 363 g/mol. The maximum absolute atomic E-state index is 13.8. The molecule has 0 aliphatic carbocycles. The van der Waals surface area contributed by atoms with Gasteiger partial charge in [-0.15, -0.1) is 0 Å². The highest BCUT2D eigenvalue weighted by Crippen LogP contribution is 2.22. The van der Waals surface area contributed by atoms with Crippen LogP contribution in [0.2, 0.25) is 0 Å². The zero-order chi connectivity index (χ0) is 18.0. The van der Waals surface area contributed by atoms with Crippen molar-refractivity contribution < 1.29 is 22.0 Å². The van der Waals surface area contributed by atoms with Crippen molar-refractivity contribution >= 4 is 21.0 Å². The minimum absolute atomic E-state index is 0.00530. The predicted octanol–water partition coefficient (Wildman–Crippen LogP) is 3.49. The van der Waals surface area contributed by atoms with Gasteiger partial charge >= 0.3 is 0 Å². The number of furan rings is 1. The smallest absolute Gasteiger partial charge is 0.240 e. The van der Waals surface area contributed by atoms with Gasteiger partial charge in [-0.25, -0.2) is 17.5 Å². The summed E-state index contributed by atoms with van der Waals surface area (Å²) in [7, 11) is -2.52. The third-order valence-electron chi connectivity index (χ3n) is 3.77. The first kappa shape index (κ1) is 17.4. The first-order valence-corrected chi connectivity index (χ1v) is 9.20. The fraction of sp³-hybridized carbons (Fsp3) is 0.222. The molecule has 0 radical (unpaired) electrons. The molecule has 1 atom stereocenters. The standard InChI is InChI=1S/C18H18FNO4S/c1-12(9-14-10-13-5-3-4-6-17(13)24-14)20-25(21,22)15-7-8-18(23-2)16(19)11-15/h3-8,10-12,20H,9H2,1-2H3/t12-/m0/s1. The van der Waals surface area contributed by atoms with Gasteiger partial charge in [-0.1, -0.05) is 18.2 Å². The van der Waals surface area contributed by atoms with E-state index in [1.807, 2.05) is 30.3 Å². The van der Waals surface area contributed by atoms with E-state index in [1.54, 1.807) is 6.92 Å². The molecule has 1 N–H and O–H groups in total. The molecule has 0 unspecified atom stereocenters. The number of rotatable bonds is 6. The number of halogens is 1. The molecular formula is C18H18FNO4S. The Bertz CT molecular complexity index is 964. The molecule has 7 heteroatoms. The lowest BCUT2D eigenvalue weighted by molar-refractivity contribution is 0.385. The van der Waals surface area contributed by atoms with E-state index in [9.17, 15) is 12.8 Å². The van der Waals surface area contributed by atoms with Crippen molar-refractivity contribution in [3.05, 3.63) is 60.1 Å². The lowest BCUT2D eigenvalue weighted by atomic mass is 10.2. The van der Waals surface area contributed by atoms with Gasteiger partial charge in [-0.3, -0.25) is 0 Å². The number of methoxy groups -OCH3 is 1.